The summed E-state index contributed by atoms with van der Waals surface area (Å²) in [6, 6.07) is 6.35. The second-order valence-electron chi connectivity index (χ2n) is 6.46. The summed E-state index contributed by atoms with van der Waals surface area (Å²) in [5, 5.41) is 0. The topological polar surface area (TPSA) is 72.9 Å². The van der Waals surface area contributed by atoms with Crippen molar-refractivity contribution in [2.24, 2.45) is 0 Å². The lowest BCUT2D eigenvalue weighted by Crippen LogP contribution is -2.44. The Morgan fingerprint density at radius 3 is 2.35 bits per heavy atom. The van der Waals surface area contributed by atoms with E-state index in [9.17, 15) is 14.4 Å². The van der Waals surface area contributed by atoms with Gasteiger partial charge in [-0.3, -0.25) is 9.59 Å². The van der Waals surface area contributed by atoms with E-state index in [4.69, 9.17) is 9.47 Å². The van der Waals surface area contributed by atoms with Crippen molar-refractivity contribution in [3.05, 3.63) is 29.8 Å². The molecule has 2 amide bonds. The van der Waals surface area contributed by atoms with Gasteiger partial charge >= 0.3 is 6.09 Å². The highest BCUT2D eigenvalue weighted by atomic mass is 16.6. The minimum atomic E-state index is -0.814. The molecule has 124 valence electrons. The van der Waals surface area contributed by atoms with Crippen molar-refractivity contribution in [3.63, 3.8) is 0 Å². The van der Waals surface area contributed by atoms with E-state index in [0.717, 1.165) is 10.5 Å². The molecule has 0 bridgehead atoms. The molecule has 0 N–H and O–H groups in total. The van der Waals surface area contributed by atoms with Crippen LogP contribution in [0.3, 0.4) is 0 Å². The number of imide groups is 1. The maximum Gasteiger partial charge on any atom is 0.417 e. The number of likely N-dealkylation sites (tertiary alicyclic amines) is 1. The Balaban J connectivity index is 2.17. The molecule has 1 heterocycles. The van der Waals surface area contributed by atoms with Crippen LogP contribution in [0.25, 0.3) is 0 Å². The molecule has 1 atom stereocenters. The summed E-state index contributed by atoms with van der Waals surface area (Å²) in [4.78, 5) is 37.3. The Labute approximate surface area is 135 Å². The normalized spacial score (nSPS) is 18.3. The lowest BCUT2D eigenvalue weighted by molar-refractivity contribution is -0.128. The van der Waals surface area contributed by atoms with Crippen molar-refractivity contribution in [2.75, 3.05) is 7.11 Å². The first-order valence-corrected chi connectivity index (χ1v) is 7.42. The first-order chi connectivity index (χ1) is 10.7. The summed E-state index contributed by atoms with van der Waals surface area (Å²) < 4.78 is 10.3. The molecule has 1 fully saturated rings. The van der Waals surface area contributed by atoms with Crippen LogP contribution in [0.15, 0.2) is 24.3 Å². The quantitative estimate of drug-likeness (QED) is 0.800. The number of ether oxygens (including phenoxy) is 2. The second-order valence-corrected chi connectivity index (χ2v) is 6.46. The maximum atomic E-state index is 12.2. The van der Waals surface area contributed by atoms with E-state index < -0.39 is 23.6 Å². The van der Waals surface area contributed by atoms with Gasteiger partial charge < -0.3 is 9.47 Å². The molecule has 1 aliphatic rings. The van der Waals surface area contributed by atoms with Crippen molar-refractivity contribution in [2.45, 2.75) is 45.3 Å². The molecule has 0 saturated carbocycles. The van der Waals surface area contributed by atoms with Crippen molar-refractivity contribution < 1.29 is 23.9 Å². The highest BCUT2D eigenvalue weighted by Gasteiger charge is 2.44. The number of benzene rings is 1. The van der Waals surface area contributed by atoms with Crippen molar-refractivity contribution in [3.8, 4) is 5.75 Å². The number of Topliss-reactive ketones (excluding diaryl/α,β-unsaturated/α-hetero) is 1. The van der Waals surface area contributed by atoms with Crippen LogP contribution in [0.5, 0.6) is 5.75 Å². The van der Waals surface area contributed by atoms with Gasteiger partial charge in [-0.1, -0.05) is 12.1 Å². The van der Waals surface area contributed by atoms with E-state index in [2.05, 4.69) is 0 Å². The zero-order chi connectivity index (χ0) is 17.2. The van der Waals surface area contributed by atoms with Crippen LogP contribution in [-0.2, 0) is 20.7 Å². The first kappa shape index (κ1) is 17.0. The summed E-state index contributed by atoms with van der Waals surface area (Å²) in [5.41, 5.74) is 0.112. The number of methoxy groups -OCH3 is 1. The van der Waals surface area contributed by atoms with Crippen molar-refractivity contribution in [1.82, 2.24) is 4.90 Å². The van der Waals surface area contributed by atoms with E-state index in [1.807, 2.05) is 12.1 Å². The number of hydrogen-bond acceptors (Lipinski definition) is 5. The summed E-state index contributed by atoms with van der Waals surface area (Å²) in [6.45, 7) is 5.14. The highest BCUT2D eigenvalue weighted by Crippen LogP contribution is 2.23. The summed E-state index contributed by atoms with van der Waals surface area (Å²) >= 11 is 0. The number of carbonyl (C=O) groups is 3. The van der Waals surface area contributed by atoms with Gasteiger partial charge in [0.2, 0.25) is 5.91 Å². The van der Waals surface area contributed by atoms with Crippen LogP contribution in [0, 0.1) is 0 Å². The molecule has 0 radical (unpaired) electrons. The van der Waals surface area contributed by atoms with Crippen molar-refractivity contribution >= 4 is 17.8 Å². The molecule has 6 nitrogen and oxygen atoms in total. The first-order valence-electron chi connectivity index (χ1n) is 7.42. The van der Waals surface area contributed by atoms with Crippen LogP contribution in [0.4, 0.5) is 4.79 Å². The minimum Gasteiger partial charge on any atom is -0.497 e. The van der Waals surface area contributed by atoms with Gasteiger partial charge in [-0.25, -0.2) is 9.69 Å². The minimum absolute atomic E-state index is 0.264. The third-order valence-electron chi connectivity index (χ3n) is 3.46. The smallest absolute Gasteiger partial charge is 0.417 e. The Morgan fingerprint density at radius 1 is 1.22 bits per heavy atom. The molecule has 23 heavy (non-hydrogen) atoms. The average molecular weight is 319 g/mol. The van der Waals surface area contributed by atoms with E-state index in [0.29, 0.717) is 5.75 Å². The fraction of sp³-hybridized carbons (Fsp3) is 0.471. The van der Waals surface area contributed by atoms with Gasteiger partial charge in [0.15, 0.2) is 5.78 Å². The van der Waals surface area contributed by atoms with Crippen LogP contribution < -0.4 is 4.74 Å². The SMILES string of the molecule is COc1ccc(C[C@H]2C(=O)CC(=O)N2C(=O)OC(C)(C)C)cc1. The molecule has 0 aliphatic carbocycles. The number of nitrogens with zero attached hydrogens (tertiary/aromatic N) is 1. The van der Waals surface area contributed by atoms with Crippen LogP contribution in [0.1, 0.15) is 32.8 Å². The van der Waals surface area contributed by atoms with Crippen LogP contribution in [-0.4, -0.2) is 41.4 Å². The predicted molar refractivity (Wildman–Crippen MR) is 83.2 cm³/mol. The highest BCUT2D eigenvalue weighted by molar-refractivity contribution is 6.13. The van der Waals surface area contributed by atoms with Crippen LogP contribution in [0.2, 0.25) is 0 Å². The van der Waals surface area contributed by atoms with E-state index in [1.54, 1.807) is 40.0 Å². The Bertz CT molecular complexity index is 615. The zero-order valence-electron chi connectivity index (χ0n) is 13.8. The molecular weight excluding hydrogens is 298 g/mol. The molecule has 0 aromatic heterocycles. The molecule has 6 heteroatoms. The van der Waals surface area contributed by atoms with Gasteiger partial charge in [0.1, 0.15) is 17.4 Å². The number of rotatable bonds is 3. The molecule has 1 aromatic rings. The van der Waals surface area contributed by atoms with E-state index >= 15 is 0 Å². The summed E-state index contributed by atoms with van der Waals surface area (Å²) in [6.07, 6.45) is -0.764. The number of hydrogen-bond donors (Lipinski definition) is 0. The lowest BCUT2D eigenvalue weighted by atomic mass is 10.0. The standard InChI is InChI=1S/C17H21NO5/c1-17(2,3)23-16(21)18-13(14(19)10-15(18)20)9-11-5-7-12(22-4)8-6-11/h5-8,13H,9-10H2,1-4H3/t13-/m0/s1. The zero-order valence-corrected chi connectivity index (χ0v) is 13.8. The third-order valence-corrected chi connectivity index (χ3v) is 3.46. The predicted octanol–water partition coefficient (Wildman–Crippen LogP) is 2.34. The molecule has 1 aliphatic heterocycles. The summed E-state index contributed by atoms with van der Waals surface area (Å²) in [7, 11) is 1.57. The van der Waals surface area contributed by atoms with E-state index in [1.165, 1.54) is 0 Å². The second kappa shape index (κ2) is 6.40. The van der Waals surface area contributed by atoms with Crippen LogP contribution >= 0.6 is 0 Å². The van der Waals surface area contributed by atoms with Crippen molar-refractivity contribution in [1.29, 1.82) is 0 Å². The molecule has 1 saturated heterocycles. The lowest BCUT2D eigenvalue weighted by Gasteiger charge is -2.26. The summed E-state index contributed by atoms with van der Waals surface area (Å²) in [5.74, 6) is -0.0778. The fourth-order valence-electron chi connectivity index (χ4n) is 2.40. The largest absolute Gasteiger partial charge is 0.497 e. The number of carbonyl (C=O) groups excluding carboxylic acids is 3. The van der Waals surface area contributed by atoms with E-state index in [-0.39, 0.29) is 18.6 Å². The monoisotopic (exact) mass is 319 g/mol. The van der Waals surface area contributed by atoms with Gasteiger partial charge in [0.25, 0.3) is 0 Å². The Morgan fingerprint density at radius 2 is 1.83 bits per heavy atom. The van der Waals surface area contributed by atoms with Gasteiger partial charge in [0, 0.05) is 6.42 Å². The molecule has 2 rings (SSSR count). The van der Waals surface area contributed by atoms with Gasteiger partial charge in [-0.15, -0.1) is 0 Å². The third kappa shape index (κ3) is 4.09. The molecule has 0 unspecified atom stereocenters. The Hall–Kier alpha value is -2.37. The van der Waals surface area contributed by atoms with Gasteiger partial charge in [-0.2, -0.15) is 0 Å². The maximum absolute atomic E-state index is 12.2. The fourth-order valence-corrected chi connectivity index (χ4v) is 2.40. The molecule has 0 spiro atoms. The molecule has 1 aromatic carbocycles. The Kier molecular flexibility index (Phi) is 4.73. The van der Waals surface area contributed by atoms with Gasteiger partial charge in [0.05, 0.1) is 13.5 Å². The number of ketones is 1. The number of amides is 2. The van der Waals surface area contributed by atoms with Gasteiger partial charge in [-0.05, 0) is 38.5 Å². The molecular formula is C17H21NO5. The average Bonchev–Trinajstić information content (AvgIpc) is 2.72.